The summed E-state index contributed by atoms with van der Waals surface area (Å²) < 4.78 is 0. The number of aromatic carboxylic acids is 1. The number of amides is 1. The fourth-order valence-corrected chi connectivity index (χ4v) is 3.54. The molecule has 1 amide bonds. The van der Waals surface area contributed by atoms with Gasteiger partial charge in [0.05, 0.1) is 5.56 Å². The first kappa shape index (κ1) is 14.9. The van der Waals surface area contributed by atoms with E-state index in [9.17, 15) is 9.59 Å². The molecule has 1 N–H and O–H groups in total. The predicted molar refractivity (Wildman–Crippen MR) is 80.2 cm³/mol. The van der Waals surface area contributed by atoms with Crippen molar-refractivity contribution in [1.82, 2.24) is 4.90 Å². The average Bonchev–Trinajstić information content (AvgIpc) is 2.98. The van der Waals surface area contributed by atoms with Gasteiger partial charge < -0.3 is 10.0 Å². The molecule has 5 heteroatoms. The Kier molecular flexibility index (Phi) is 5.06. The number of hydrogen-bond acceptors (Lipinski definition) is 3. The highest BCUT2D eigenvalue weighted by atomic mass is 32.2. The summed E-state index contributed by atoms with van der Waals surface area (Å²) in [6.45, 7) is 0. The van der Waals surface area contributed by atoms with Gasteiger partial charge in [-0.3, -0.25) is 4.79 Å². The topological polar surface area (TPSA) is 57.6 Å². The van der Waals surface area contributed by atoms with Crippen molar-refractivity contribution in [3.63, 3.8) is 0 Å². The number of carboxylic acid groups (broad SMARTS) is 1. The normalized spacial score (nSPS) is 17.9. The average molecular weight is 293 g/mol. The van der Waals surface area contributed by atoms with Crippen LogP contribution < -0.4 is 0 Å². The maximum atomic E-state index is 12.1. The van der Waals surface area contributed by atoms with Crippen molar-refractivity contribution >= 4 is 23.6 Å². The van der Waals surface area contributed by atoms with Crippen LogP contribution in [0.1, 0.15) is 28.8 Å². The van der Waals surface area contributed by atoms with Gasteiger partial charge >= 0.3 is 5.97 Å². The van der Waals surface area contributed by atoms with Crippen LogP contribution in [0.15, 0.2) is 24.3 Å². The van der Waals surface area contributed by atoms with Gasteiger partial charge in [-0.15, -0.1) is 0 Å². The van der Waals surface area contributed by atoms with Crippen LogP contribution in [-0.4, -0.2) is 46.5 Å². The number of carbonyl (C=O) groups excluding carboxylic acids is 1. The third kappa shape index (κ3) is 3.76. The largest absolute Gasteiger partial charge is 0.478 e. The highest BCUT2D eigenvalue weighted by Gasteiger charge is 2.23. The van der Waals surface area contributed by atoms with Gasteiger partial charge in [0.25, 0.3) is 0 Å². The van der Waals surface area contributed by atoms with Crippen molar-refractivity contribution in [2.24, 2.45) is 0 Å². The van der Waals surface area contributed by atoms with E-state index in [1.165, 1.54) is 0 Å². The van der Waals surface area contributed by atoms with Crippen LogP contribution in [0.4, 0.5) is 0 Å². The van der Waals surface area contributed by atoms with Gasteiger partial charge in [0.1, 0.15) is 0 Å². The van der Waals surface area contributed by atoms with Crippen molar-refractivity contribution in [2.75, 3.05) is 18.6 Å². The third-order valence-electron chi connectivity index (χ3n) is 3.68. The molecule has 0 bridgehead atoms. The van der Waals surface area contributed by atoms with E-state index in [-0.39, 0.29) is 11.5 Å². The van der Waals surface area contributed by atoms with Crippen LogP contribution in [0.25, 0.3) is 0 Å². The Morgan fingerprint density at radius 3 is 2.60 bits per heavy atom. The zero-order valence-electron chi connectivity index (χ0n) is 11.5. The molecule has 0 aliphatic carbocycles. The number of nitrogens with zero attached hydrogens (tertiary/aromatic N) is 1. The molecule has 2 rings (SSSR count). The van der Waals surface area contributed by atoms with Gasteiger partial charge in [-0.05, 0) is 36.3 Å². The molecular formula is C15H19NO3S. The minimum atomic E-state index is -0.925. The Bertz CT molecular complexity index is 480. The Labute approximate surface area is 123 Å². The maximum absolute atomic E-state index is 12.1. The van der Waals surface area contributed by atoms with Gasteiger partial charge in [-0.25, -0.2) is 4.79 Å². The monoisotopic (exact) mass is 293 g/mol. The molecule has 108 valence electrons. The number of carboxylic acids is 1. The lowest BCUT2D eigenvalue weighted by molar-refractivity contribution is -0.131. The smallest absolute Gasteiger partial charge is 0.335 e. The lowest BCUT2D eigenvalue weighted by Crippen LogP contribution is -2.37. The van der Waals surface area contributed by atoms with Crippen molar-refractivity contribution < 1.29 is 14.7 Å². The van der Waals surface area contributed by atoms with E-state index < -0.39 is 5.97 Å². The summed E-state index contributed by atoms with van der Waals surface area (Å²) in [7, 11) is 1.88. The molecule has 1 aromatic carbocycles. The molecule has 0 radical (unpaired) electrons. The molecule has 1 atom stereocenters. The number of aryl methyl sites for hydroxylation is 1. The first-order valence-electron chi connectivity index (χ1n) is 6.73. The molecule has 1 fully saturated rings. The molecule has 1 unspecified atom stereocenters. The number of hydrogen-bond donors (Lipinski definition) is 1. The van der Waals surface area contributed by atoms with Crippen LogP contribution in [0.5, 0.6) is 0 Å². The molecule has 1 aliphatic heterocycles. The van der Waals surface area contributed by atoms with E-state index in [0.29, 0.717) is 18.9 Å². The summed E-state index contributed by atoms with van der Waals surface area (Å²) in [5, 5.41) is 8.83. The molecule has 4 nitrogen and oxygen atoms in total. The van der Waals surface area contributed by atoms with Gasteiger partial charge in [0, 0.05) is 25.3 Å². The highest BCUT2D eigenvalue weighted by molar-refractivity contribution is 7.99. The van der Waals surface area contributed by atoms with Crippen LogP contribution in [0.2, 0.25) is 0 Å². The second-order valence-electron chi connectivity index (χ2n) is 5.02. The van der Waals surface area contributed by atoms with E-state index in [4.69, 9.17) is 5.11 Å². The van der Waals surface area contributed by atoms with E-state index in [1.807, 2.05) is 23.7 Å². The summed E-state index contributed by atoms with van der Waals surface area (Å²) >= 11 is 1.90. The fourth-order valence-electron chi connectivity index (χ4n) is 2.27. The lowest BCUT2D eigenvalue weighted by atomic mass is 10.1. The summed E-state index contributed by atoms with van der Waals surface area (Å²) in [4.78, 5) is 24.7. The molecule has 1 heterocycles. The minimum absolute atomic E-state index is 0.166. The van der Waals surface area contributed by atoms with Gasteiger partial charge in [0.15, 0.2) is 0 Å². The Balaban J connectivity index is 1.84. The molecule has 0 spiro atoms. The summed E-state index contributed by atoms with van der Waals surface area (Å²) in [5.41, 5.74) is 1.28. The number of benzene rings is 1. The van der Waals surface area contributed by atoms with Crippen molar-refractivity contribution in [2.45, 2.75) is 25.3 Å². The van der Waals surface area contributed by atoms with E-state index in [1.54, 1.807) is 24.3 Å². The minimum Gasteiger partial charge on any atom is -0.478 e. The zero-order valence-corrected chi connectivity index (χ0v) is 12.4. The molecule has 0 aromatic heterocycles. The quantitative estimate of drug-likeness (QED) is 0.905. The van der Waals surface area contributed by atoms with Crippen molar-refractivity contribution in [1.29, 1.82) is 0 Å². The second-order valence-corrected chi connectivity index (χ2v) is 6.17. The van der Waals surface area contributed by atoms with Crippen LogP contribution in [-0.2, 0) is 11.2 Å². The number of rotatable bonds is 5. The molecule has 1 saturated heterocycles. The molecule has 1 aromatic rings. The van der Waals surface area contributed by atoms with Crippen molar-refractivity contribution in [3.8, 4) is 0 Å². The standard InChI is InChI=1S/C15H19NO3S/c1-16(13-8-9-20-10-13)14(17)7-4-11-2-5-12(6-3-11)15(18)19/h2-3,5-6,13H,4,7-10H2,1H3,(H,18,19). The summed E-state index contributed by atoms with van der Waals surface area (Å²) in [6, 6.07) is 7.10. The number of thioether (sulfide) groups is 1. The van der Waals surface area contributed by atoms with Gasteiger partial charge in [-0.2, -0.15) is 11.8 Å². The van der Waals surface area contributed by atoms with E-state index >= 15 is 0 Å². The van der Waals surface area contributed by atoms with Gasteiger partial charge in [-0.1, -0.05) is 12.1 Å². The Morgan fingerprint density at radius 1 is 1.35 bits per heavy atom. The second kappa shape index (κ2) is 6.79. The molecular weight excluding hydrogens is 274 g/mol. The number of carbonyl (C=O) groups is 2. The Morgan fingerprint density at radius 2 is 2.05 bits per heavy atom. The van der Waals surface area contributed by atoms with Crippen LogP contribution >= 0.6 is 11.8 Å². The summed E-state index contributed by atoms with van der Waals surface area (Å²) in [5.74, 6) is 1.42. The molecule has 20 heavy (non-hydrogen) atoms. The zero-order chi connectivity index (χ0) is 14.5. The molecule has 1 aliphatic rings. The maximum Gasteiger partial charge on any atom is 0.335 e. The van der Waals surface area contributed by atoms with Gasteiger partial charge in [0.2, 0.25) is 5.91 Å². The van der Waals surface area contributed by atoms with E-state index in [0.717, 1.165) is 23.5 Å². The highest BCUT2D eigenvalue weighted by Crippen LogP contribution is 2.22. The first-order valence-corrected chi connectivity index (χ1v) is 7.89. The summed E-state index contributed by atoms with van der Waals surface area (Å²) in [6.07, 6.45) is 2.22. The molecule has 0 saturated carbocycles. The van der Waals surface area contributed by atoms with E-state index in [2.05, 4.69) is 0 Å². The van der Waals surface area contributed by atoms with Crippen molar-refractivity contribution in [3.05, 3.63) is 35.4 Å². The fraction of sp³-hybridized carbons (Fsp3) is 0.467. The van der Waals surface area contributed by atoms with Crippen LogP contribution in [0.3, 0.4) is 0 Å². The third-order valence-corrected chi connectivity index (χ3v) is 4.82. The Hall–Kier alpha value is -1.49. The predicted octanol–water partition coefficient (Wildman–Crippen LogP) is 2.28. The first-order chi connectivity index (χ1) is 9.58. The lowest BCUT2D eigenvalue weighted by Gasteiger charge is -2.23. The SMILES string of the molecule is CN(C(=O)CCc1ccc(C(=O)O)cc1)C1CCSC1. The van der Waals surface area contributed by atoms with Crippen LogP contribution in [0, 0.1) is 0 Å².